The van der Waals surface area contributed by atoms with Crippen LogP contribution in [0.25, 0.3) is 0 Å². The molecule has 0 aromatic rings. The maximum absolute atomic E-state index is 11.2. The highest BCUT2D eigenvalue weighted by molar-refractivity contribution is 5.75. The van der Waals surface area contributed by atoms with E-state index in [0.717, 1.165) is 0 Å². The summed E-state index contributed by atoms with van der Waals surface area (Å²) in [6, 6.07) is -0.296. The summed E-state index contributed by atoms with van der Waals surface area (Å²) in [5.74, 6) is 0. The first-order valence-corrected chi connectivity index (χ1v) is 4.56. The second-order valence-corrected chi connectivity index (χ2v) is 3.93. The van der Waals surface area contributed by atoms with Crippen LogP contribution in [0.4, 0.5) is 4.79 Å². The zero-order chi connectivity index (χ0) is 11.2. The molecule has 0 fully saturated rings. The molecule has 2 N–H and O–H groups in total. The molecule has 0 saturated carbocycles. The van der Waals surface area contributed by atoms with E-state index in [1.165, 1.54) is 6.21 Å². The highest BCUT2D eigenvalue weighted by atomic mass is 16.6. The summed E-state index contributed by atoms with van der Waals surface area (Å²) in [6.07, 6.45) is 1.39. The van der Waals surface area contributed by atoms with Gasteiger partial charge in [0.1, 0.15) is 5.60 Å². The van der Waals surface area contributed by atoms with Crippen molar-refractivity contribution in [2.45, 2.75) is 45.8 Å². The smallest absolute Gasteiger partial charge is 0.408 e. The Bertz CT molecular complexity index is 209. The lowest BCUT2D eigenvalue weighted by Crippen LogP contribution is -2.39. The molecule has 1 amide bonds. The average molecular weight is 202 g/mol. The number of carbonyl (C=O) groups is 1. The molecule has 0 saturated heterocycles. The molecule has 5 heteroatoms. The third-order valence-electron chi connectivity index (χ3n) is 1.39. The van der Waals surface area contributed by atoms with Gasteiger partial charge in [0, 0.05) is 0 Å². The van der Waals surface area contributed by atoms with Crippen LogP contribution in [0.3, 0.4) is 0 Å². The van der Waals surface area contributed by atoms with Gasteiger partial charge >= 0.3 is 6.09 Å². The van der Waals surface area contributed by atoms with Gasteiger partial charge in [0.15, 0.2) is 0 Å². The van der Waals surface area contributed by atoms with E-state index >= 15 is 0 Å². The van der Waals surface area contributed by atoms with Crippen molar-refractivity contribution in [1.29, 1.82) is 0 Å². The first-order valence-electron chi connectivity index (χ1n) is 4.56. The number of hydrogen-bond acceptors (Lipinski definition) is 4. The Morgan fingerprint density at radius 2 is 2.21 bits per heavy atom. The average Bonchev–Trinajstić information content (AvgIpc) is 2.00. The minimum Gasteiger partial charge on any atom is -0.444 e. The monoisotopic (exact) mass is 202 g/mol. The van der Waals surface area contributed by atoms with Crippen molar-refractivity contribution in [3.05, 3.63) is 0 Å². The van der Waals surface area contributed by atoms with Gasteiger partial charge < -0.3 is 15.3 Å². The summed E-state index contributed by atoms with van der Waals surface area (Å²) >= 11 is 0. The summed E-state index contributed by atoms with van der Waals surface area (Å²) in [6.45, 7) is 7.22. The molecule has 0 aliphatic carbocycles. The van der Waals surface area contributed by atoms with Crippen molar-refractivity contribution in [2.24, 2.45) is 5.16 Å². The van der Waals surface area contributed by atoms with E-state index in [2.05, 4.69) is 10.5 Å². The van der Waals surface area contributed by atoms with Crippen molar-refractivity contribution >= 4 is 12.3 Å². The molecule has 0 aromatic heterocycles. The molecular formula is C9H18N2O3. The molecule has 0 rings (SSSR count). The van der Waals surface area contributed by atoms with E-state index in [9.17, 15) is 4.79 Å². The van der Waals surface area contributed by atoms with E-state index in [1.807, 2.05) is 6.92 Å². The summed E-state index contributed by atoms with van der Waals surface area (Å²) < 4.78 is 5.02. The number of carbonyl (C=O) groups excluding carboxylic acids is 1. The number of ether oxygens (including phenoxy) is 1. The number of rotatable bonds is 3. The topological polar surface area (TPSA) is 70.9 Å². The minimum absolute atomic E-state index is 0.296. The zero-order valence-corrected chi connectivity index (χ0v) is 9.07. The third-order valence-corrected chi connectivity index (χ3v) is 1.39. The van der Waals surface area contributed by atoms with E-state index in [0.29, 0.717) is 6.42 Å². The van der Waals surface area contributed by atoms with Crippen LogP contribution in [0.2, 0.25) is 0 Å². The highest BCUT2D eigenvalue weighted by Crippen LogP contribution is 2.06. The molecule has 14 heavy (non-hydrogen) atoms. The number of nitrogens with one attached hydrogen (secondary N) is 1. The predicted molar refractivity (Wildman–Crippen MR) is 53.7 cm³/mol. The van der Waals surface area contributed by atoms with Crippen LogP contribution in [-0.2, 0) is 4.74 Å². The van der Waals surface area contributed by atoms with Crippen LogP contribution in [0.15, 0.2) is 5.16 Å². The highest BCUT2D eigenvalue weighted by Gasteiger charge is 2.17. The lowest BCUT2D eigenvalue weighted by Gasteiger charge is -2.21. The second-order valence-electron chi connectivity index (χ2n) is 3.93. The molecule has 0 heterocycles. The van der Waals surface area contributed by atoms with E-state index in [-0.39, 0.29) is 6.04 Å². The van der Waals surface area contributed by atoms with Gasteiger partial charge in [-0.15, -0.1) is 0 Å². The first-order chi connectivity index (χ1) is 6.39. The Kier molecular flexibility index (Phi) is 4.97. The predicted octanol–water partition coefficient (Wildman–Crippen LogP) is 1.75. The van der Waals surface area contributed by atoms with Crippen LogP contribution in [-0.4, -0.2) is 29.2 Å². The number of hydrogen-bond donors (Lipinski definition) is 2. The third kappa shape index (κ3) is 6.28. The zero-order valence-electron chi connectivity index (χ0n) is 9.07. The number of oxime groups is 1. The van der Waals surface area contributed by atoms with Crippen LogP contribution in [0.1, 0.15) is 34.1 Å². The molecular weight excluding hydrogens is 184 g/mol. The van der Waals surface area contributed by atoms with Crippen LogP contribution in [0, 0.1) is 0 Å². The number of alkyl carbamates (subject to hydrolysis) is 1. The van der Waals surface area contributed by atoms with E-state index in [1.54, 1.807) is 20.8 Å². The Hall–Kier alpha value is -1.26. The summed E-state index contributed by atoms with van der Waals surface area (Å²) in [4.78, 5) is 11.2. The van der Waals surface area contributed by atoms with Gasteiger partial charge in [0.2, 0.25) is 0 Å². The Morgan fingerprint density at radius 1 is 1.64 bits per heavy atom. The fourth-order valence-corrected chi connectivity index (χ4v) is 0.784. The van der Waals surface area contributed by atoms with Crippen LogP contribution in [0.5, 0.6) is 0 Å². The maximum atomic E-state index is 11.2. The lowest BCUT2D eigenvalue weighted by molar-refractivity contribution is 0.0518. The quantitative estimate of drug-likeness (QED) is 0.416. The molecule has 5 nitrogen and oxygen atoms in total. The molecule has 0 radical (unpaired) electrons. The van der Waals surface area contributed by atoms with Crippen molar-refractivity contribution < 1.29 is 14.7 Å². The lowest BCUT2D eigenvalue weighted by atomic mass is 10.2. The molecule has 0 spiro atoms. The Balaban J connectivity index is 4.04. The van der Waals surface area contributed by atoms with Gasteiger partial charge in [-0.25, -0.2) is 4.79 Å². The van der Waals surface area contributed by atoms with Gasteiger partial charge in [-0.05, 0) is 27.2 Å². The molecule has 0 aliphatic heterocycles. The summed E-state index contributed by atoms with van der Waals surface area (Å²) in [5.41, 5.74) is -0.515. The van der Waals surface area contributed by atoms with Crippen molar-refractivity contribution in [1.82, 2.24) is 5.32 Å². The first kappa shape index (κ1) is 12.7. The van der Waals surface area contributed by atoms with E-state index < -0.39 is 11.7 Å². The number of nitrogens with zero attached hydrogens (tertiary/aromatic N) is 1. The largest absolute Gasteiger partial charge is 0.444 e. The van der Waals surface area contributed by atoms with Crippen LogP contribution < -0.4 is 5.32 Å². The van der Waals surface area contributed by atoms with Gasteiger partial charge in [-0.1, -0.05) is 12.1 Å². The molecule has 1 atom stereocenters. The standard InChI is InChI=1S/C9H18N2O3/c1-5-7(6-10-13)11-8(12)14-9(2,3)4/h6-7,13H,5H2,1-4H3,(H,11,12)/b10-6+/t7-/m1/s1. The normalized spacial score (nSPS) is 14.0. The van der Waals surface area contributed by atoms with Crippen molar-refractivity contribution in [2.75, 3.05) is 0 Å². The molecule has 0 aliphatic rings. The van der Waals surface area contributed by atoms with E-state index in [4.69, 9.17) is 9.94 Å². The second kappa shape index (κ2) is 5.47. The van der Waals surface area contributed by atoms with Gasteiger partial charge in [0.05, 0.1) is 12.3 Å². The Labute approximate surface area is 84.1 Å². The Morgan fingerprint density at radius 3 is 2.57 bits per heavy atom. The molecule has 0 bridgehead atoms. The van der Waals surface area contributed by atoms with Crippen LogP contribution >= 0.6 is 0 Å². The summed E-state index contributed by atoms with van der Waals surface area (Å²) in [7, 11) is 0. The summed E-state index contributed by atoms with van der Waals surface area (Å²) in [5, 5.41) is 13.7. The SMILES string of the molecule is CC[C@H](/C=N/O)NC(=O)OC(C)(C)C. The minimum atomic E-state index is -0.515. The van der Waals surface area contributed by atoms with Crippen molar-refractivity contribution in [3.63, 3.8) is 0 Å². The fraction of sp³-hybridized carbons (Fsp3) is 0.778. The fourth-order valence-electron chi connectivity index (χ4n) is 0.784. The molecule has 0 aromatic carbocycles. The molecule has 0 unspecified atom stereocenters. The maximum Gasteiger partial charge on any atom is 0.408 e. The van der Waals surface area contributed by atoms with Gasteiger partial charge in [-0.2, -0.15) is 0 Å². The van der Waals surface area contributed by atoms with Gasteiger partial charge in [0.25, 0.3) is 0 Å². The van der Waals surface area contributed by atoms with Crippen molar-refractivity contribution in [3.8, 4) is 0 Å². The van der Waals surface area contributed by atoms with Gasteiger partial charge in [-0.3, -0.25) is 0 Å². The molecule has 82 valence electrons. The number of amides is 1.